The fraction of sp³-hybridized carbons (Fsp3) is 0.438. The number of benzene rings is 1. The standard InChI is InChI=1S/C32H38N8O4S/c1-21-29(40-17-18-45-32(40)34-21)31(44)38-14-6-9-27(42)39(15-12-22-7-4-3-5-8-22)20-26(41)35-23-10-11-25-24(19-23)28(36-37(25)2)30(43)33-13-16-38/h3-5,7-8,17-18,23H,6,9-16,19-20H2,1-2H3,(H,33,43)(H,35,41). The smallest absolute Gasteiger partial charge is 0.272 e. The number of hydrogen-bond acceptors (Lipinski definition) is 7. The van der Waals surface area contributed by atoms with E-state index in [1.165, 1.54) is 11.3 Å². The maximum absolute atomic E-state index is 13.9. The summed E-state index contributed by atoms with van der Waals surface area (Å²) in [5.74, 6) is -0.876. The summed E-state index contributed by atoms with van der Waals surface area (Å²) in [6.45, 7) is 2.94. The van der Waals surface area contributed by atoms with Crippen molar-refractivity contribution in [1.82, 2.24) is 39.6 Å². The van der Waals surface area contributed by atoms with Crippen molar-refractivity contribution in [3.63, 3.8) is 0 Å². The van der Waals surface area contributed by atoms with Crippen LogP contribution in [-0.4, -0.2) is 91.4 Å². The molecule has 0 fully saturated rings. The van der Waals surface area contributed by atoms with Crippen LogP contribution in [0, 0.1) is 6.92 Å². The van der Waals surface area contributed by atoms with Crippen molar-refractivity contribution in [2.24, 2.45) is 7.05 Å². The number of thiazole rings is 1. The summed E-state index contributed by atoms with van der Waals surface area (Å²) < 4.78 is 3.53. The highest BCUT2D eigenvalue weighted by molar-refractivity contribution is 7.15. The number of hydrogen-bond donors (Lipinski definition) is 2. The maximum Gasteiger partial charge on any atom is 0.272 e. The number of aromatic nitrogens is 4. The van der Waals surface area contributed by atoms with Gasteiger partial charge in [0.05, 0.1) is 12.2 Å². The third-order valence-electron chi connectivity index (χ3n) is 8.65. The zero-order chi connectivity index (χ0) is 31.5. The van der Waals surface area contributed by atoms with Gasteiger partial charge in [-0.25, -0.2) is 4.98 Å². The molecule has 0 spiro atoms. The van der Waals surface area contributed by atoms with Crippen molar-refractivity contribution in [3.8, 4) is 0 Å². The minimum atomic E-state index is -0.307. The molecule has 13 heteroatoms. The predicted octanol–water partition coefficient (Wildman–Crippen LogP) is 2.15. The van der Waals surface area contributed by atoms with Crippen LogP contribution in [0.3, 0.4) is 0 Å². The Bertz CT molecular complexity index is 1730. The van der Waals surface area contributed by atoms with Crippen LogP contribution in [0.4, 0.5) is 0 Å². The Morgan fingerprint density at radius 3 is 2.76 bits per heavy atom. The van der Waals surface area contributed by atoms with Gasteiger partial charge in [-0.1, -0.05) is 30.3 Å². The molecule has 4 amide bonds. The molecule has 45 heavy (non-hydrogen) atoms. The van der Waals surface area contributed by atoms with Crippen LogP contribution in [0.15, 0.2) is 41.9 Å². The lowest BCUT2D eigenvalue weighted by Crippen LogP contribution is -2.46. The fourth-order valence-electron chi connectivity index (χ4n) is 6.33. The third kappa shape index (κ3) is 6.63. The second-order valence-corrected chi connectivity index (χ2v) is 12.6. The number of amides is 4. The molecule has 2 aliphatic rings. The van der Waals surface area contributed by atoms with Crippen LogP contribution in [0.5, 0.6) is 0 Å². The molecular formula is C32H38N8O4S. The van der Waals surface area contributed by atoms with E-state index in [0.717, 1.165) is 28.2 Å². The van der Waals surface area contributed by atoms with Gasteiger partial charge >= 0.3 is 0 Å². The van der Waals surface area contributed by atoms with Gasteiger partial charge in [0.25, 0.3) is 11.8 Å². The van der Waals surface area contributed by atoms with E-state index in [2.05, 4.69) is 20.7 Å². The highest BCUT2D eigenvalue weighted by Gasteiger charge is 2.30. The van der Waals surface area contributed by atoms with E-state index in [-0.39, 0.29) is 55.7 Å². The number of carbonyl (C=O) groups is 4. The highest BCUT2D eigenvalue weighted by Crippen LogP contribution is 2.25. The van der Waals surface area contributed by atoms with Crippen molar-refractivity contribution >= 4 is 39.9 Å². The normalized spacial score (nSPS) is 18.5. The summed E-state index contributed by atoms with van der Waals surface area (Å²) in [6, 6.07) is 9.73. The second-order valence-electron chi connectivity index (χ2n) is 11.7. The maximum atomic E-state index is 13.9. The number of carbonyl (C=O) groups excluding carboxylic acids is 4. The lowest BCUT2D eigenvalue weighted by molar-refractivity contribution is -0.136. The topological polar surface area (TPSA) is 134 Å². The Kier molecular flexibility index (Phi) is 8.97. The number of imidazole rings is 1. The molecule has 1 aliphatic heterocycles. The average Bonchev–Trinajstić information content (AvgIpc) is 3.70. The molecule has 0 saturated carbocycles. The summed E-state index contributed by atoms with van der Waals surface area (Å²) in [5.41, 5.74) is 4.35. The first-order chi connectivity index (χ1) is 21.8. The van der Waals surface area contributed by atoms with E-state index in [1.54, 1.807) is 18.9 Å². The van der Waals surface area contributed by atoms with E-state index in [1.807, 2.05) is 55.9 Å². The van der Waals surface area contributed by atoms with Gasteiger partial charge in [0.2, 0.25) is 11.8 Å². The van der Waals surface area contributed by atoms with Crippen molar-refractivity contribution in [2.45, 2.75) is 51.5 Å². The minimum absolute atomic E-state index is 0.0524. The second kappa shape index (κ2) is 13.2. The lowest BCUT2D eigenvalue weighted by atomic mass is 9.91. The van der Waals surface area contributed by atoms with Gasteiger partial charge in [-0.3, -0.25) is 28.3 Å². The summed E-state index contributed by atoms with van der Waals surface area (Å²) in [4.78, 5) is 62.6. The SMILES string of the molecule is Cc1nc2sccn2c1C(=O)N1CCCC(=O)N(CCc2ccccc2)CC(=O)NC2CCc3c(c(nn3C)C(=O)NCC1)C2. The van der Waals surface area contributed by atoms with E-state index in [4.69, 9.17) is 0 Å². The van der Waals surface area contributed by atoms with Crippen LogP contribution in [-0.2, 0) is 35.9 Å². The molecule has 2 bridgehead atoms. The van der Waals surface area contributed by atoms with E-state index in [0.29, 0.717) is 55.9 Å². The Morgan fingerprint density at radius 2 is 1.93 bits per heavy atom. The Labute approximate surface area is 265 Å². The molecule has 1 atom stereocenters. The highest BCUT2D eigenvalue weighted by atomic mass is 32.1. The van der Waals surface area contributed by atoms with Crippen LogP contribution >= 0.6 is 11.3 Å². The van der Waals surface area contributed by atoms with Crippen LogP contribution in [0.1, 0.15) is 62.8 Å². The van der Waals surface area contributed by atoms with Crippen LogP contribution in [0.25, 0.3) is 4.96 Å². The van der Waals surface area contributed by atoms with Gasteiger partial charge < -0.3 is 20.4 Å². The van der Waals surface area contributed by atoms with Gasteiger partial charge in [-0.2, -0.15) is 5.10 Å². The molecule has 6 rings (SSSR count). The van der Waals surface area contributed by atoms with Gasteiger partial charge in [-0.05, 0) is 44.6 Å². The third-order valence-corrected chi connectivity index (χ3v) is 9.40. The van der Waals surface area contributed by atoms with Crippen LogP contribution < -0.4 is 10.6 Å². The van der Waals surface area contributed by atoms with Gasteiger partial charge in [-0.15, -0.1) is 11.3 Å². The predicted molar refractivity (Wildman–Crippen MR) is 169 cm³/mol. The van der Waals surface area contributed by atoms with Crippen molar-refractivity contribution in [3.05, 3.63) is 75.8 Å². The van der Waals surface area contributed by atoms with Crippen molar-refractivity contribution < 1.29 is 19.2 Å². The molecule has 4 aromatic rings. The van der Waals surface area contributed by atoms with E-state index < -0.39 is 0 Å². The van der Waals surface area contributed by atoms with Gasteiger partial charge in [0.1, 0.15) is 5.69 Å². The molecule has 0 radical (unpaired) electrons. The summed E-state index contributed by atoms with van der Waals surface area (Å²) in [6.07, 6.45) is 4.92. The molecular weight excluding hydrogens is 592 g/mol. The number of nitrogens with zero attached hydrogens (tertiary/aromatic N) is 6. The van der Waals surface area contributed by atoms with Crippen molar-refractivity contribution in [2.75, 3.05) is 32.7 Å². The van der Waals surface area contributed by atoms with E-state index >= 15 is 0 Å². The monoisotopic (exact) mass is 630 g/mol. The van der Waals surface area contributed by atoms with Gasteiger partial charge in [0.15, 0.2) is 10.7 Å². The first-order valence-corrected chi connectivity index (χ1v) is 16.3. The Hall–Kier alpha value is -4.52. The number of aryl methyl sites for hydroxylation is 2. The molecule has 3 aromatic heterocycles. The molecule has 0 saturated heterocycles. The van der Waals surface area contributed by atoms with Crippen molar-refractivity contribution in [1.29, 1.82) is 0 Å². The molecule has 236 valence electrons. The van der Waals surface area contributed by atoms with Crippen LogP contribution in [0.2, 0.25) is 0 Å². The quantitative estimate of drug-likeness (QED) is 0.355. The molecule has 1 aromatic carbocycles. The molecule has 2 N–H and O–H groups in total. The number of fused-ring (bicyclic) bond motifs is 2. The Morgan fingerprint density at radius 1 is 1.11 bits per heavy atom. The fourth-order valence-corrected chi connectivity index (χ4v) is 7.09. The average molecular weight is 631 g/mol. The minimum Gasteiger partial charge on any atom is -0.351 e. The zero-order valence-electron chi connectivity index (χ0n) is 25.6. The molecule has 4 heterocycles. The molecule has 1 unspecified atom stereocenters. The summed E-state index contributed by atoms with van der Waals surface area (Å²) in [7, 11) is 1.83. The number of nitrogens with one attached hydrogen (secondary N) is 2. The van der Waals surface area contributed by atoms with E-state index in [9.17, 15) is 19.2 Å². The largest absolute Gasteiger partial charge is 0.351 e. The summed E-state index contributed by atoms with van der Waals surface area (Å²) >= 11 is 1.45. The molecule has 1 aliphatic carbocycles. The number of rotatable bonds is 4. The molecule has 12 nitrogen and oxygen atoms in total. The first-order valence-electron chi connectivity index (χ1n) is 15.4. The first kappa shape index (κ1) is 30.5. The van der Waals surface area contributed by atoms with Gasteiger partial charge in [0, 0.05) is 68.5 Å². The zero-order valence-corrected chi connectivity index (χ0v) is 26.4. The lowest BCUT2D eigenvalue weighted by Gasteiger charge is -2.27. The summed E-state index contributed by atoms with van der Waals surface area (Å²) in [5, 5.41) is 12.5. The Balaban J connectivity index is 1.26.